The molecule has 0 spiro atoms. The van der Waals surface area contributed by atoms with Crippen LogP contribution in [0.2, 0.25) is 0 Å². The van der Waals surface area contributed by atoms with E-state index in [1.807, 2.05) is 25.1 Å². The summed E-state index contributed by atoms with van der Waals surface area (Å²) >= 11 is 0. The van der Waals surface area contributed by atoms with E-state index in [1.165, 1.54) is 6.42 Å². The zero-order valence-corrected chi connectivity index (χ0v) is 18.0. The second kappa shape index (κ2) is 8.57. The first-order valence-corrected chi connectivity index (χ1v) is 11.2. The Morgan fingerprint density at radius 3 is 2.69 bits per heavy atom. The van der Waals surface area contributed by atoms with Crippen molar-refractivity contribution in [1.29, 1.82) is 0 Å². The normalized spacial score (nSPS) is 16.7. The molecule has 2 amide bonds. The maximum atomic E-state index is 12.4. The minimum Gasteiger partial charge on any atom is -0.446 e. The van der Waals surface area contributed by atoms with E-state index in [0.717, 1.165) is 44.1 Å². The van der Waals surface area contributed by atoms with Gasteiger partial charge in [0.15, 0.2) is 11.5 Å². The highest BCUT2D eigenvalue weighted by atomic mass is 16.6. The van der Waals surface area contributed by atoms with Crippen molar-refractivity contribution >= 4 is 29.2 Å². The van der Waals surface area contributed by atoms with Crippen molar-refractivity contribution in [2.75, 3.05) is 10.6 Å². The van der Waals surface area contributed by atoms with E-state index < -0.39 is 6.09 Å². The van der Waals surface area contributed by atoms with Crippen LogP contribution in [0.3, 0.4) is 0 Å². The SMILES string of the molecule is Cc1ncc(-c2ccc3nc(NC(=O)C4CC4)cn3n2)cc1NC(=O)OC1CCCCC1. The number of anilines is 2. The Labute approximate surface area is 185 Å². The summed E-state index contributed by atoms with van der Waals surface area (Å²) in [5, 5.41) is 10.3. The van der Waals surface area contributed by atoms with Gasteiger partial charge < -0.3 is 10.1 Å². The Bertz CT molecular complexity index is 1160. The predicted molar refractivity (Wildman–Crippen MR) is 119 cm³/mol. The third kappa shape index (κ3) is 4.56. The minimum absolute atomic E-state index is 0.00666. The van der Waals surface area contributed by atoms with Gasteiger partial charge in [0, 0.05) is 17.7 Å². The van der Waals surface area contributed by atoms with Crippen LogP contribution in [0.1, 0.15) is 50.6 Å². The molecular weight excluding hydrogens is 408 g/mol. The van der Waals surface area contributed by atoms with Crippen LogP contribution in [0.4, 0.5) is 16.3 Å². The van der Waals surface area contributed by atoms with E-state index in [-0.39, 0.29) is 17.9 Å². The molecule has 3 heterocycles. The largest absolute Gasteiger partial charge is 0.446 e. The molecule has 0 bridgehead atoms. The lowest BCUT2D eigenvalue weighted by Gasteiger charge is -2.22. The predicted octanol–water partition coefficient (Wildman–Crippen LogP) is 4.33. The zero-order valence-electron chi connectivity index (χ0n) is 18.0. The van der Waals surface area contributed by atoms with Crippen LogP contribution < -0.4 is 10.6 Å². The Kier molecular flexibility index (Phi) is 5.46. The van der Waals surface area contributed by atoms with Gasteiger partial charge in [-0.05, 0) is 63.6 Å². The maximum absolute atomic E-state index is 12.4. The number of imidazole rings is 1. The number of nitrogens with one attached hydrogen (secondary N) is 2. The molecule has 9 nitrogen and oxygen atoms in total. The number of hydrogen-bond donors (Lipinski definition) is 2. The summed E-state index contributed by atoms with van der Waals surface area (Å²) in [6.45, 7) is 1.83. The molecule has 3 aromatic heterocycles. The minimum atomic E-state index is -0.451. The van der Waals surface area contributed by atoms with E-state index in [9.17, 15) is 9.59 Å². The van der Waals surface area contributed by atoms with E-state index in [0.29, 0.717) is 28.5 Å². The molecule has 9 heteroatoms. The highest BCUT2D eigenvalue weighted by Gasteiger charge is 2.30. The number of ether oxygens (including phenoxy) is 1. The molecular formula is C23H26N6O3. The molecule has 0 radical (unpaired) electrons. The molecule has 0 aromatic carbocycles. The Hall–Kier alpha value is -3.49. The molecule has 0 unspecified atom stereocenters. The van der Waals surface area contributed by atoms with Crippen LogP contribution >= 0.6 is 0 Å². The smallest absolute Gasteiger partial charge is 0.411 e. The molecule has 166 valence electrons. The van der Waals surface area contributed by atoms with Crippen molar-refractivity contribution in [2.24, 2.45) is 5.92 Å². The molecule has 2 fully saturated rings. The average molecular weight is 435 g/mol. The highest BCUT2D eigenvalue weighted by Crippen LogP contribution is 2.30. The summed E-state index contributed by atoms with van der Waals surface area (Å²) in [5.41, 5.74) is 3.35. The first-order chi connectivity index (χ1) is 15.5. The Morgan fingerprint density at radius 2 is 1.91 bits per heavy atom. The number of fused-ring (bicyclic) bond motifs is 1. The molecule has 32 heavy (non-hydrogen) atoms. The van der Waals surface area contributed by atoms with Gasteiger partial charge in [-0.3, -0.25) is 15.1 Å². The fourth-order valence-electron chi connectivity index (χ4n) is 3.94. The number of pyridine rings is 1. The lowest BCUT2D eigenvalue weighted by atomic mass is 9.98. The van der Waals surface area contributed by atoms with Gasteiger partial charge in [-0.25, -0.2) is 14.3 Å². The monoisotopic (exact) mass is 434 g/mol. The van der Waals surface area contributed by atoms with Crippen LogP contribution in [-0.4, -0.2) is 37.7 Å². The molecule has 2 N–H and O–H groups in total. The lowest BCUT2D eigenvalue weighted by molar-refractivity contribution is -0.117. The Balaban J connectivity index is 1.32. The number of carbonyl (C=O) groups excluding carboxylic acids is 2. The van der Waals surface area contributed by atoms with Crippen molar-refractivity contribution in [3.63, 3.8) is 0 Å². The first-order valence-electron chi connectivity index (χ1n) is 11.2. The summed E-state index contributed by atoms with van der Waals surface area (Å²) < 4.78 is 7.20. The number of aryl methyl sites for hydroxylation is 1. The second-order valence-corrected chi connectivity index (χ2v) is 8.56. The van der Waals surface area contributed by atoms with E-state index in [4.69, 9.17) is 4.74 Å². The quantitative estimate of drug-likeness (QED) is 0.618. The summed E-state index contributed by atoms with van der Waals surface area (Å²) in [6, 6.07) is 5.51. The van der Waals surface area contributed by atoms with Crippen LogP contribution in [-0.2, 0) is 9.53 Å². The number of hydrogen-bond acceptors (Lipinski definition) is 6. The van der Waals surface area contributed by atoms with E-state index in [1.54, 1.807) is 16.9 Å². The topological polar surface area (TPSA) is 111 Å². The average Bonchev–Trinajstić information content (AvgIpc) is 3.56. The fraction of sp³-hybridized carbons (Fsp3) is 0.435. The highest BCUT2D eigenvalue weighted by molar-refractivity contribution is 5.93. The van der Waals surface area contributed by atoms with Gasteiger partial charge in [-0.15, -0.1) is 0 Å². The van der Waals surface area contributed by atoms with Crippen LogP contribution in [0.25, 0.3) is 16.9 Å². The van der Waals surface area contributed by atoms with E-state index in [2.05, 4.69) is 25.7 Å². The molecule has 2 aliphatic rings. The van der Waals surface area contributed by atoms with Crippen LogP contribution in [0.15, 0.2) is 30.6 Å². The van der Waals surface area contributed by atoms with Gasteiger partial charge in [-0.2, -0.15) is 5.10 Å². The number of carbonyl (C=O) groups is 2. The second-order valence-electron chi connectivity index (χ2n) is 8.56. The summed E-state index contributed by atoms with van der Waals surface area (Å²) in [4.78, 5) is 33.2. The summed E-state index contributed by atoms with van der Waals surface area (Å²) in [5.74, 6) is 0.603. The number of nitrogens with zero attached hydrogens (tertiary/aromatic N) is 4. The number of amides is 2. The third-order valence-electron chi connectivity index (χ3n) is 5.96. The van der Waals surface area contributed by atoms with Gasteiger partial charge in [0.2, 0.25) is 5.91 Å². The number of aromatic nitrogens is 4. The molecule has 3 aromatic rings. The fourth-order valence-corrected chi connectivity index (χ4v) is 3.94. The maximum Gasteiger partial charge on any atom is 0.411 e. The molecule has 5 rings (SSSR count). The number of rotatable bonds is 5. The van der Waals surface area contributed by atoms with Crippen molar-refractivity contribution in [3.8, 4) is 11.3 Å². The van der Waals surface area contributed by atoms with Gasteiger partial charge >= 0.3 is 6.09 Å². The first kappa shape index (κ1) is 20.4. The summed E-state index contributed by atoms with van der Waals surface area (Å²) in [6.07, 6.45) is 10.1. The summed E-state index contributed by atoms with van der Waals surface area (Å²) in [7, 11) is 0. The molecule has 2 aliphatic carbocycles. The van der Waals surface area contributed by atoms with Crippen LogP contribution in [0, 0.1) is 12.8 Å². The third-order valence-corrected chi connectivity index (χ3v) is 5.96. The van der Waals surface area contributed by atoms with E-state index >= 15 is 0 Å². The molecule has 2 saturated carbocycles. The van der Waals surface area contributed by atoms with Gasteiger partial charge in [0.1, 0.15) is 6.10 Å². The standard InChI is InChI=1S/C23H26N6O3/c1-14-19(25-23(31)32-17-5-3-2-4-6-17)11-16(12-24-14)18-9-10-21-26-20(13-29(21)28-18)27-22(30)15-7-8-15/h9-13,15,17H,2-8H2,1H3,(H,25,31)(H,27,30). The Morgan fingerprint density at radius 1 is 1.09 bits per heavy atom. The van der Waals surface area contributed by atoms with Crippen LogP contribution in [0.5, 0.6) is 0 Å². The van der Waals surface area contributed by atoms with Gasteiger partial charge in [0.25, 0.3) is 0 Å². The lowest BCUT2D eigenvalue weighted by Crippen LogP contribution is -2.24. The van der Waals surface area contributed by atoms with Gasteiger partial charge in [0.05, 0.1) is 23.3 Å². The molecule has 0 saturated heterocycles. The molecule has 0 atom stereocenters. The van der Waals surface area contributed by atoms with Crippen molar-refractivity contribution < 1.29 is 14.3 Å². The van der Waals surface area contributed by atoms with Crippen molar-refractivity contribution in [3.05, 3.63) is 36.3 Å². The van der Waals surface area contributed by atoms with Gasteiger partial charge in [-0.1, -0.05) is 6.42 Å². The molecule has 0 aliphatic heterocycles. The zero-order chi connectivity index (χ0) is 22.1. The van der Waals surface area contributed by atoms with Crippen molar-refractivity contribution in [2.45, 2.75) is 58.0 Å². The van der Waals surface area contributed by atoms with Crippen molar-refractivity contribution in [1.82, 2.24) is 19.6 Å².